The van der Waals surface area contributed by atoms with Crippen molar-refractivity contribution in [2.24, 2.45) is 0 Å². The lowest BCUT2D eigenvalue weighted by Crippen LogP contribution is -2.29. The maximum Gasteiger partial charge on any atom is 0.132 e. The molecular weight excluding hydrogens is 477 g/mol. The zero-order chi connectivity index (χ0) is 25.5. The number of piperidine rings is 1. The van der Waals surface area contributed by atoms with Crippen LogP contribution in [-0.4, -0.2) is 48.1 Å². The van der Waals surface area contributed by atoms with Gasteiger partial charge in [0, 0.05) is 52.6 Å². The van der Waals surface area contributed by atoms with Crippen LogP contribution in [0.15, 0.2) is 73.3 Å². The second kappa shape index (κ2) is 9.46. The van der Waals surface area contributed by atoms with E-state index >= 15 is 0 Å². The Morgan fingerprint density at radius 2 is 1.71 bits per heavy atom. The van der Waals surface area contributed by atoms with E-state index in [0.29, 0.717) is 11.3 Å². The molecule has 38 heavy (non-hydrogen) atoms. The number of pyridine rings is 3. The van der Waals surface area contributed by atoms with Crippen molar-refractivity contribution in [3.63, 3.8) is 0 Å². The Morgan fingerprint density at radius 1 is 0.842 bits per heavy atom. The monoisotopic (exact) mass is 503 g/mol. The number of aromatic nitrogens is 6. The number of likely N-dealkylation sites (tertiary alicyclic amines) is 1. The summed E-state index contributed by atoms with van der Waals surface area (Å²) in [6.07, 6.45) is 11.2. The maximum atomic E-state index is 14.6. The molecule has 0 spiro atoms. The maximum absolute atomic E-state index is 14.6. The first-order valence-corrected chi connectivity index (χ1v) is 13.0. The number of aromatic amines is 2. The summed E-state index contributed by atoms with van der Waals surface area (Å²) in [6.45, 7) is 3.20. The van der Waals surface area contributed by atoms with Gasteiger partial charge in [0.25, 0.3) is 0 Å². The summed E-state index contributed by atoms with van der Waals surface area (Å²) in [5.74, 6) is -0.299. The van der Waals surface area contributed by atoms with Gasteiger partial charge in [-0.3, -0.25) is 25.0 Å². The molecule has 0 saturated carbocycles. The number of halogens is 1. The SMILES string of the molecule is Fc1ccccc1-c1nccc2[nH]c(-c3n[nH]c4cnc(-c5cncc(CN6CCCCC6)c5)cc34)cc12. The molecule has 0 unspecified atom stereocenters. The van der Waals surface area contributed by atoms with Crippen LogP contribution in [0, 0.1) is 5.82 Å². The van der Waals surface area contributed by atoms with E-state index in [2.05, 4.69) is 42.2 Å². The van der Waals surface area contributed by atoms with Crippen LogP contribution in [0.2, 0.25) is 0 Å². The fraction of sp³-hybridized carbons (Fsp3) is 0.200. The Labute approximate surface area is 218 Å². The Kier molecular flexibility index (Phi) is 5.66. The van der Waals surface area contributed by atoms with Crippen LogP contribution < -0.4 is 0 Å². The van der Waals surface area contributed by atoms with Gasteiger partial charge in [-0.2, -0.15) is 5.10 Å². The van der Waals surface area contributed by atoms with Gasteiger partial charge in [-0.05, 0) is 67.9 Å². The van der Waals surface area contributed by atoms with Gasteiger partial charge in [-0.15, -0.1) is 0 Å². The molecule has 6 heterocycles. The molecule has 0 amide bonds. The van der Waals surface area contributed by atoms with E-state index in [0.717, 1.165) is 64.1 Å². The van der Waals surface area contributed by atoms with Crippen molar-refractivity contribution >= 4 is 21.8 Å². The smallest absolute Gasteiger partial charge is 0.132 e. The van der Waals surface area contributed by atoms with Crippen LogP contribution in [0.25, 0.3) is 55.7 Å². The molecule has 0 atom stereocenters. The topological polar surface area (TPSA) is 86.4 Å². The zero-order valence-electron chi connectivity index (χ0n) is 20.8. The number of nitrogens with zero attached hydrogens (tertiary/aromatic N) is 5. The summed E-state index contributed by atoms with van der Waals surface area (Å²) in [6, 6.07) is 14.8. The number of H-pyrrole nitrogens is 2. The molecular formula is C30H26FN7. The molecule has 5 aromatic heterocycles. The van der Waals surface area contributed by atoms with Crippen LogP contribution >= 0.6 is 0 Å². The molecule has 1 aromatic carbocycles. The largest absolute Gasteiger partial charge is 0.353 e. The molecule has 1 saturated heterocycles. The standard InChI is InChI=1S/C30H26FN7/c31-24-7-3-2-6-21(24)29-22-14-27(35-25(22)8-9-33-29)30-23-13-26(34-17-28(23)36-37-30)20-12-19(15-32-16-20)18-38-10-4-1-5-11-38/h2-3,6-9,12-17,35H,1,4-5,10-11,18H2,(H,36,37). The minimum absolute atomic E-state index is 0.299. The molecule has 0 aliphatic carbocycles. The van der Waals surface area contributed by atoms with E-state index in [1.54, 1.807) is 18.3 Å². The third kappa shape index (κ3) is 4.13. The lowest BCUT2D eigenvalue weighted by Gasteiger charge is -2.26. The molecule has 1 aliphatic heterocycles. The van der Waals surface area contributed by atoms with Crippen molar-refractivity contribution < 1.29 is 4.39 Å². The van der Waals surface area contributed by atoms with Gasteiger partial charge in [0.05, 0.1) is 28.8 Å². The quantitative estimate of drug-likeness (QED) is 0.286. The van der Waals surface area contributed by atoms with Crippen molar-refractivity contribution in [3.8, 4) is 33.9 Å². The second-order valence-corrected chi connectivity index (χ2v) is 9.89. The Hall–Kier alpha value is -4.43. The van der Waals surface area contributed by atoms with Crippen molar-refractivity contribution in [1.29, 1.82) is 0 Å². The average molecular weight is 504 g/mol. The fourth-order valence-electron chi connectivity index (χ4n) is 5.42. The first kappa shape index (κ1) is 22.7. The summed E-state index contributed by atoms with van der Waals surface area (Å²) < 4.78 is 14.6. The highest BCUT2D eigenvalue weighted by Gasteiger charge is 2.17. The number of hydrogen-bond acceptors (Lipinski definition) is 5. The van der Waals surface area contributed by atoms with Gasteiger partial charge in [-0.1, -0.05) is 18.6 Å². The molecule has 1 fully saturated rings. The molecule has 6 aromatic rings. The predicted octanol–water partition coefficient (Wildman–Crippen LogP) is 6.36. The van der Waals surface area contributed by atoms with Crippen molar-refractivity contribution in [2.75, 3.05) is 13.1 Å². The van der Waals surface area contributed by atoms with Gasteiger partial charge in [0.15, 0.2) is 0 Å². The molecule has 1 aliphatic rings. The summed E-state index contributed by atoms with van der Waals surface area (Å²) in [4.78, 5) is 19.6. The number of benzene rings is 1. The van der Waals surface area contributed by atoms with E-state index < -0.39 is 0 Å². The molecule has 2 N–H and O–H groups in total. The minimum atomic E-state index is -0.299. The highest BCUT2D eigenvalue weighted by atomic mass is 19.1. The summed E-state index contributed by atoms with van der Waals surface area (Å²) in [5.41, 5.74) is 7.40. The lowest BCUT2D eigenvalue weighted by molar-refractivity contribution is 0.220. The van der Waals surface area contributed by atoms with Gasteiger partial charge in [0.1, 0.15) is 11.5 Å². The number of rotatable bonds is 5. The Morgan fingerprint density at radius 3 is 2.61 bits per heavy atom. The van der Waals surface area contributed by atoms with Crippen LogP contribution in [0.3, 0.4) is 0 Å². The van der Waals surface area contributed by atoms with Crippen LogP contribution in [-0.2, 0) is 6.54 Å². The Balaban J connectivity index is 1.26. The van der Waals surface area contributed by atoms with Crippen LogP contribution in [0.4, 0.5) is 4.39 Å². The molecule has 8 heteroatoms. The minimum Gasteiger partial charge on any atom is -0.353 e. The van der Waals surface area contributed by atoms with Crippen molar-refractivity contribution in [3.05, 3.63) is 84.7 Å². The number of hydrogen-bond donors (Lipinski definition) is 2. The van der Waals surface area contributed by atoms with Gasteiger partial charge >= 0.3 is 0 Å². The van der Waals surface area contributed by atoms with Crippen molar-refractivity contribution in [2.45, 2.75) is 25.8 Å². The molecule has 7 rings (SSSR count). The van der Waals surface area contributed by atoms with Crippen LogP contribution in [0.5, 0.6) is 0 Å². The van der Waals surface area contributed by atoms with Crippen molar-refractivity contribution in [1.82, 2.24) is 35.0 Å². The zero-order valence-corrected chi connectivity index (χ0v) is 20.8. The predicted molar refractivity (Wildman–Crippen MR) is 147 cm³/mol. The third-order valence-electron chi connectivity index (χ3n) is 7.32. The van der Waals surface area contributed by atoms with E-state index in [1.165, 1.54) is 30.9 Å². The summed E-state index contributed by atoms with van der Waals surface area (Å²) >= 11 is 0. The molecule has 7 nitrogen and oxygen atoms in total. The average Bonchev–Trinajstić information content (AvgIpc) is 3.58. The lowest BCUT2D eigenvalue weighted by atomic mass is 10.1. The first-order valence-electron chi connectivity index (χ1n) is 13.0. The van der Waals surface area contributed by atoms with E-state index in [-0.39, 0.29) is 5.82 Å². The Bertz CT molecular complexity index is 1760. The van der Waals surface area contributed by atoms with Gasteiger partial charge < -0.3 is 4.98 Å². The molecule has 188 valence electrons. The van der Waals surface area contributed by atoms with E-state index in [1.807, 2.05) is 36.8 Å². The third-order valence-corrected chi connectivity index (χ3v) is 7.32. The highest BCUT2D eigenvalue weighted by Crippen LogP contribution is 2.34. The fourth-order valence-corrected chi connectivity index (χ4v) is 5.42. The van der Waals surface area contributed by atoms with E-state index in [9.17, 15) is 4.39 Å². The summed E-state index contributed by atoms with van der Waals surface area (Å²) in [7, 11) is 0. The van der Waals surface area contributed by atoms with Gasteiger partial charge in [-0.25, -0.2) is 4.39 Å². The normalized spacial score (nSPS) is 14.4. The second-order valence-electron chi connectivity index (χ2n) is 9.89. The molecule has 0 radical (unpaired) electrons. The number of fused-ring (bicyclic) bond motifs is 2. The van der Waals surface area contributed by atoms with E-state index in [4.69, 9.17) is 4.98 Å². The van der Waals surface area contributed by atoms with Crippen LogP contribution in [0.1, 0.15) is 24.8 Å². The first-order chi connectivity index (χ1) is 18.7. The van der Waals surface area contributed by atoms with Gasteiger partial charge in [0.2, 0.25) is 0 Å². The summed E-state index contributed by atoms with van der Waals surface area (Å²) in [5, 5.41) is 9.49. The highest BCUT2D eigenvalue weighted by molar-refractivity contribution is 6.00. The molecule has 0 bridgehead atoms. The number of nitrogens with one attached hydrogen (secondary N) is 2.